The summed E-state index contributed by atoms with van der Waals surface area (Å²) >= 11 is 0. The van der Waals surface area contributed by atoms with E-state index in [1.165, 1.54) is 6.92 Å². The van der Waals surface area contributed by atoms with Crippen molar-refractivity contribution in [3.05, 3.63) is 34.9 Å². The van der Waals surface area contributed by atoms with Crippen LogP contribution in [-0.4, -0.2) is 90.5 Å². The molecule has 3 rings (SSSR count). The molecule has 2 aliphatic rings. The van der Waals surface area contributed by atoms with Gasteiger partial charge in [0.05, 0.1) is 0 Å². The van der Waals surface area contributed by atoms with Crippen LogP contribution in [0.1, 0.15) is 30.0 Å². The van der Waals surface area contributed by atoms with Crippen LogP contribution in [0, 0.1) is 6.92 Å². The summed E-state index contributed by atoms with van der Waals surface area (Å²) in [6, 6.07) is 6.09. The molecule has 13 heteroatoms. The van der Waals surface area contributed by atoms with Crippen LogP contribution in [0.4, 0.5) is 31.1 Å². The molecule has 2 aliphatic heterocycles. The molecule has 2 fully saturated rings. The molecule has 1 N–H and O–H groups in total. The van der Waals surface area contributed by atoms with Crippen molar-refractivity contribution in [1.29, 1.82) is 0 Å². The molecule has 0 aliphatic carbocycles. The molecule has 1 aromatic carbocycles. The third-order valence-corrected chi connectivity index (χ3v) is 6.47. The van der Waals surface area contributed by atoms with Gasteiger partial charge in [0.1, 0.15) is 0 Å². The fourth-order valence-corrected chi connectivity index (χ4v) is 4.53. The first-order valence-electron chi connectivity index (χ1n) is 11.6. The smallest absolute Gasteiger partial charge is 0.426 e. The second-order valence-corrected chi connectivity index (χ2v) is 9.23. The van der Waals surface area contributed by atoms with Gasteiger partial charge < -0.3 is 15.0 Å². The van der Waals surface area contributed by atoms with E-state index in [0.717, 1.165) is 47.6 Å². The molecule has 0 saturated carbocycles. The second kappa shape index (κ2) is 11.2. The third kappa shape index (κ3) is 7.48. The Labute approximate surface area is 205 Å². The van der Waals surface area contributed by atoms with E-state index in [2.05, 4.69) is 15.0 Å². The monoisotopic (exact) mass is 524 g/mol. The average Bonchev–Trinajstić information content (AvgIpc) is 3.19. The number of hydrogen-bond acceptors (Lipinski definition) is 5. The van der Waals surface area contributed by atoms with Gasteiger partial charge >= 0.3 is 18.4 Å². The van der Waals surface area contributed by atoms with Crippen LogP contribution in [0.5, 0.6) is 0 Å². The summed E-state index contributed by atoms with van der Waals surface area (Å²) in [5.41, 5.74) is 3.29. The van der Waals surface area contributed by atoms with Crippen molar-refractivity contribution < 1.29 is 40.7 Å². The Bertz CT molecular complexity index is 917. The number of nitrogens with zero attached hydrogens (tertiary/aromatic N) is 3. The van der Waals surface area contributed by atoms with Crippen LogP contribution in [0.15, 0.2) is 18.2 Å². The van der Waals surface area contributed by atoms with Gasteiger partial charge in [0.25, 0.3) is 6.10 Å². The van der Waals surface area contributed by atoms with Crippen molar-refractivity contribution in [1.82, 2.24) is 20.0 Å². The van der Waals surface area contributed by atoms with Crippen LogP contribution in [0.25, 0.3) is 0 Å². The minimum Gasteiger partial charge on any atom is -0.426 e. The summed E-state index contributed by atoms with van der Waals surface area (Å²) < 4.78 is 79.8. The van der Waals surface area contributed by atoms with E-state index in [0.29, 0.717) is 6.54 Å². The van der Waals surface area contributed by atoms with Crippen molar-refractivity contribution >= 4 is 12.0 Å². The van der Waals surface area contributed by atoms with Gasteiger partial charge in [0.15, 0.2) is 0 Å². The van der Waals surface area contributed by atoms with Crippen LogP contribution in [0.2, 0.25) is 0 Å². The molecule has 1 aromatic rings. The number of hydrogen-bond donors (Lipinski definition) is 1. The number of amides is 2. The quantitative estimate of drug-likeness (QED) is 0.578. The van der Waals surface area contributed by atoms with Crippen molar-refractivity contribution in [2.45, 2.75) is 57.9 Å². The number of nitrogens with one attached hydrogen (secondary N) is 1. The molecule has 36 heavy (non-hydrogen) atoms. The Hall–Kier alpha value is -2.54. The SMILES string of the molecule is CC(=O)NC1CCN(Cc2cccc(CN3CCN(C(=O)OC(C(F)(F)F)C(F)(F)F)CC3)c2C)C1. The number of halogens is 6. The van der Waals surface area contributed by atoms with Crippen LogP contribution >= 0.6 is 0 Å². The zero-order valence-corrected chi connectivity index (χ0v) is 20.1. The van der Waals surface area contributed by atoms with Crippen LogP contribution in [0.3, 0.4) is 0 Å². The minimum atomic E-state index is -5.74. The highest BCUT2D eigenvalue weighted by molar-refractivity contribution is 5.73. The van der Waals surface area contributed by atoms with Crippen molar-refractivity contribution in [2.75, 3.05) is 39.3 Å². The molecule has 0 bridgehead atoms. The van der Waals surface area contributed by atoms with Gasteiger partial charge in [0.2, 0.25) is 5.91 Å². The zero-order valence-electron chi connectivity index (χ0n) is 20.1. The Morgan fingerprint density at radius 2 is 1.53 bits per heavy atom. The molecule has 7 nitrogen and oxygen atoms in total. The van der Waals surface area contributed by atoms with Gasteiger partial charge in [-0.25, -0.2) is 4.79 Å². The van der Waals surface area contributed by atoms with Crippen molar-refractivity contribution in [2.24, 2.45) is 0 Å². The van der Waals surface area contributed by atoms with Gasteiger partial charge in [-0.15, -0.1) is 0 Å². The highest BCUT2D eigenvalue weighted by Gasteiger charge is 2.60. The molecule has 2 heterocycles. The predicted molar refractivity (Wildman–Crippen MR) is 118 cm³/mol. The van der Waals surface area contributed by atoms with Gasteiger partial charge in [0, 0.05) is 65.3 Å². The lowest BCUT2D eigenvalue weighted by Crippen LogP contribution is -2.52. The zero-order chi connectivity index (χ0) is 26.7. The largest absolute Gasteiger partial charge is 0.434 e. The van der Waals surface area contributed by atoms with E-state index >= 15 is 0 Å². The standard InChI is InChI=1S/C23H30F6N4O3/c1-15-17(4-3-5-18(15)13-32-7-6-19(14-32)30-16(2)34)12-31-8-10-33(11-9-31)21(35)36-20(22(24,25)26)23(27,28)29/h3-5,19-20H,6-14H2,1-2H3,(H,30,34). The number of alkyl halides is 6. The number of carbonyl (C=O) groups is 2. The molecule has 2 amide bonds. The highest BCUT2D eigenvalue weighted by atomic mass is 19.4. The molecule has 0 radical (unpaired) electrons. The van der Waals surface area contributed by atoms with E-state index in [1.807, 2.05) is 30.0 Å². The lowest BCUT2D eigenvalue weighted by atomic mass is 10.0. The van der Waals surface area contributed by atoms with Gasteiger partial charge in [-0.1, -0.05) is 18.2 Å². The van der Waals surface area contributed by atoms with Gasteiger partial charge in [-0.3, -0.25) is 14.6 Å². The summed E-state index contributed by atoms with van der Waals surface area (Å²) in [6.07, 6.45) is -16.4. The first-order chi connectivity index (χ1) is 16.7. The second-order valence-electron chi connectivity index (χ2n) is 9.23. The first kappa shape index (κ1) is 28.0. The topological polar surface area (TPSA) is 65.1 Å². The molecule has 0 aromatic heterocycles. The van der Waals surface area contributed by atoms with E-state index in [4.69, 9.17) is 0 Å². The summed E-state index contributed by atoms with van der Waals surface area (Å²) in [6.45, 7) is 6.89. The molecule has 0 spiro atoms. The molecule has 202 valence electrons. The number of likely N-dealkylation sites (tertiary alicyclic amines) is 1. The van der Waals surface area contributed by atoms with Gasteiger partial charge in [-0.2, -0.15) is 26.3 Å². The number of carbonyl (C=O) groups excluding carboxylic acids is 2. The first-order valence-corrected chi connectivity index (χ1v) is 11.6. The van der Waals surface area contributed by atoms with Crippen molar-refractivity contribution in [3.63, 3.8) is 0 Å². The summed E-state index contributed by atoms with van der Waals surface area (Å²) in [7, 11) is 0. The molecular weight excluding hydrogens is 494 g/mol. The fraction of sp³-hybridized carbons (Fsp3) is 0.652. The molecule has 2 saturated heterocycles. The molecular formula is C23H30F6N4O3. The fourth-order valence-electron chi connectivity index (χ4n) is 4.53. The summed E-state index contributed by atoms with van der Waals surface area (Å²) in [5.74, 6) is -0.0473. The Morgan fingerprint density at radius 3 is 2.06 bits per heavy atom. The maximum atomic E-state index is 12.7. The minimum absolute atomic E-state index is 0.0433. The van der Waals surface area contributed by atoms with Gasteiger partial charge in [-0.05, 0) is 30.0 Å². The normalized spacial score (nSPS) is 20.1. The van der Waals surface area contributed by atoms with E-state index < -0.39 is 24.5 Å². The number of rotatable bonds is 6. The van der Waals surface area contributed by atoms with E-state index in [-0.39, 0.29) is 38.1 Å². The van der Waals surface area contributed by atoms with Crippen LogP contribution < -0.4 is 5.32 Å². The number of benzene rings is 1. The van der Waals surface area contributed by atoms with Crippen molar-refractivity contribution in [3.8, 4) is 0 Å². The molecule has 1 unspecified atom stereocenters. The Morgan fingerprint density at radius 1 is 0.972 bits per heavy atom. The summed E-state index contributed by atoms with van der Waals surface area (Å²) in [5, 5.41) is 2.94. The maximum absolute atomic E-state index is 12.7. The Balaban J connectivity index is 1.53. The Kier molecular flexibility index (Phi) is 8.75. The van der Waals surface area contributed by atoms with E-state index in [9.17, 15) is 35.9 Å². The lowest BCUT2D eigenvalue weighted by molar-refractivity contribution is -0.308. The average molecular weight is 525 g/mol. The highest BCUT2D eigenvalue weighted by Crippen LogP contribution is 2.36. The lowest BCUT2D eigenvalue weighted by Gasteiger charge is -2.35. The number of piperazine rings is 1. The molecule has 1 atom stereocenters. The number of ether oxygens (including phenoxy) is 1. The van der Waals surface area contributed by atoms with Crippen LogP contribution in [-0.2, 0) is 22.6 Å². The maximum Gasteiger partial charge on any atom is 0.434 e. The predicted octanol–water partition coefficient (Wildman–Crippen LogP) is 3.45. The summed E-state index contributed by atoms with van der Waals surface area (Å²) in [4.78, 5) is 28.4. The third-order valence-electron chi connectivity index (χ3n) is 6.47. The van der Waals surface area contributed by atoms with E-state index in [1.54, 1.807) is 0 Å².